The molecule has 2 aromatic carbocycles. The molecule has 0 saturated heterocycles. The number of amides is 1. The molecule has 1 amide bonds. The highest BCUT2D eigenvalue weighted by atomic mass is 79.9. The van der Waals surface area contributed by atoms with E-state index in [2.05, 4.69) is 37.2 Å². The first-order chi connectivity index (χ1) is 9.90. The lowest BCUT2D eigenvalue weighted by Crippen LogP contribution is -2.15. The highest BCUT2D eigenvalue weighted by Crippen LogP contribution is 2.24. The van der Waals surface area contributed by atoms with Gasteiger partial charge in [0.15, 0.2) is 0 Å². The summed E-state index contributed by atoms with van der Waals surface area (Å²) in [6.45, 7) is 0. The first-order valence-corrected chi connectivity index (χ1v) is 7.27. The van der Waals surface area contributed by atoms with Crippen LogP contribution in [0.1, 0.15) is 20.7 Å². The van der Waals surface area contributed by atoms with Crippen LogP contribution in [0.2, 0.25) is 0 Å². The van der Waals surface area contributed by atoms with Crippen LogP contribution in [0.25, 0.3) is 0 Å². The molecule has 0 aliphatic heterocycles. The Morgan fingerprint density at radius 2 is 1.81 bits per heavy atom. The van der Waals surface area contributed by atoms with Gasteiger partial charge >= 0.3 is 5.97 Å². The van der Waals surface area contributed by atoms with E-state index in [-0.39, 0.29) is 21.3 Å². The Kier molecular flexibility index (Phi) is 4.74. The van der Waals surface area contributed by atoms with Crippen molar-refractivity contribution in [3.63, 3.8) is 0 Å². The molecule has 0 heterocycles. The van der Waals surface area contributed by atoms with Gasteiger partial charge in [-0.25, -0.2) is 9.18 Å². The molecule has 0 bridgehead atoms. The number of carboxylic acid groups (broad SMARTS) is 1. The van der Waals surface area contributed by atoms with E-state index in [1.54, 1.807) is 6.07 Å². The first kappa shape index (κ1) is 15.7. The Bertz CT molecular complexity index is 734. The molecule has 0 unspecified atom stereocenters. The zero-order valence-corrected chi connectivity index (χ0v) is 13.5. The van der Waals surface area contributed by atoms with E-state index in [9.17, 15) is 14.0 Å². The van der Waals surface area contributed by atoms with Crippen LogP contribution in [0.15, 0.2) is 45.3 Å². The average Bonchev–Trinajstić information content (AvgIpc) is 2.43. The van der Waals surface area contributed by atoms with Gasteiger partial charge in [-0.05, 0) is 46.3 Å². The maximum absolute atomic E-state index is 13.4. The van der Waals surface area contributed by atoms with Crippen LogP contribution in [0.5, 0.6) is 0 Å². The predicted octanol–water partition coefficient (Wildman–Crippen LogP) is 4.30. The molecule has 4 nitrogen and oxygen atoms in total. The monoisotopic (exact) mass is 415 g/mol. The van der Waals surface area contributed by atoms with Gasteiger partial charge in [0.1, 0.15) is 5.82 Å². The minimum atomic E-state index is -1.18. The number of carbonyl (C=O) groups is 2. The van der Waals surface area contributed by atoms with Crippen LogP contribution >= 0.6 is 31.9 Å². The van der Waals surface area contributed by atoms with Crippen molar-refractivity contribution in [1.29, 1.82) is 0 Å². The van der Waals surface area contributed by atoms with Gasteiger partial charge in [0.05, 0.1) is 21.3 Å². The van der Waals surface area contributed by atoms with Crippen LogP contribution in [-0.2, 0) is 0 Å². The molecule has 0 aliphatic rings. The first-order valence-electron chi connectivity index (χ1n) is 5.68. The molecule has 7 heteroatoms. The molecule has 0 fully saturated rings. The molecule has 2 N–H and O–H groups in total. The van der Waals surface area contributed by atoms with Crippen molar-refractivity contribution in [1.82, 2.24) is 0 Å². The van der Waals surface area contributed by atoms with Crippen molar-refractivity contribution < 1.29 is 19.1 Å². The quantitative estimate of drug-likeness (QED) is 0.783. The third-order valence-electron chi connectivity index (χ3n) is 2.66. The Morgan fingerprint density at radius 1 is 1.10 bits per heavy atom. The molecule has 0 radical (unpaired) electrons. The number of halogens is 3. The largest absolute Gasteiger partial charge is 0.478 e. The number of nitrogens with one attached hydrogen (secondary N) is 1. The molecular formula is C14H8Br2FNO3. The fourth-order valence-corrected chi connectivity index (χ4v) is 2.48. The summed E-state index contributed by atoms with van der Waals surface area (Å²) in [6, 6.07) is 8.47. The highest BCUT2D eigenvalue weighted by molar-refractivity contribution is 9.10. The Labute approximate surface area is 136 Å². The molecule has 21 heavy (non-hydrogen) atoms. The molecule has 0 aliphatic carbocycles. The van der Waals surface area contributed by atoms with Crippen LogP contribution < -0.4 is 5.32 Å². The van der Waals surface area contributed by atoms with Crippen LogP contribution in [0.3, 0.4) is 0 Å². The van der Waals surface area contributed by atoms with Gasteiger partial charge in [-0.3, -0.25) is 4.79 Å². The summed E-state index contributed by atoms with van der Waals surface area (Å²) in [7, 11) is 0. The van der Waals surface area contributed by atoms with E-state index in [1.165, 1.54) is 30.3 Å². The summed E-state index contributed by atoms with van der Waals surface area (Å²) >= 11 is 6.16. The van der Waals surface area contributed by atoms with Crippen LogP contribution in [-0.4, -0.2) is 17.0 Å². The number of carbonyl (C=O) groups excluding carboxylic acids is 1. The number of anilines is 1. The normalized spacial score (nSPS) is 10.2. The van der Waals surface area contributed by atoms with Crippen LogP contribution in [0.4, 0.5) is 10.1 Å². The van der Waals surface area contributed by atoms with E-state index in [0.717, 1.165) is 0 Å². The number of hydrogen-bond donors (Lipinski definition) is 2. The summed E-state index contributed by atoms with van der Waals surface area (Å²) in [4.78, 5) is 23.3. The van der Waals surface area contributed by atoms with Gasteiger partial charge in [0.2, 0.25) is 0 Å². The molecular weight excluding hydrogens is 409 g/mol. The number of rotatable bonds is 3. The third kappa shape index (κ3) is 3.48. The lowest BCUT2D eigenvalue weighted by molar-refractivity contribution is 0.0698. The second kappa shape index (κ2) is 6.36. The van der Waals surface area contributed by atoms with Crippen molar-refractivity contribution >= 4 is 49.4 Å². The predicted molar refractivity (Wildman–Crippen MR) is 83.2 cm³/mol. The molecule has 2 aromatic rings. The number of aromatic carboxylic acids is 1. The second-order valence-corrected chi connectivity index (χ2v) is 5.76. The minimum absolute atomic E-state index is 0.0245. The molecule has 0 saturated carbocycles. The minimum Gasteiger partial charge on any atom is -0.478 e. The Hall–Kier alpha value is -1.73. The van der Waals surface area contributed by atoms with Gasteiger partial charge in [0, 0.05) is 4.47 Å². The standard InChI is InChI=1S/C14H8Br2FNO3/c15-7-4-5-11(9(6-7)14(20)21)18-13(19)8-2-1-3-10(17)12(8)16/h1-6H,(H,18,19)(H,20,21). The van der Waals surface area contributed by atoms with Crippen molar-refractivity contribution in [2.45, 2.75) is 0 Å². The van der Waals surface area contributed by atoms with E-state index in [4.69, 9.17) is 5.11 Å². The molecule has 0 spiro atoms. The lowest BCUT2D eigenvalue weighted by Gasteiger charge is -2.10. The lowest BCUT2D eigenvalue weighted by atomic mass is 10.1. The maximum Gasteiger partial charge on any atom is 0.337 e. The molecule has 0 aromatic heterocycles. The number of carboxylic acids is 1. The van der Waals surface area contributed by atoms with Gasteiger partial charge < -0.3 is 10.4 Å². The topological polar surface area (TPSA) is 66.4 Å². The van der Waals surface area contributed by atoms with E-state index >= 15 is 0 Å². The summed E-state index contributed by atoms with van der Waals surface area (Å²) < 4.78 is 14.0. The van der Waals surface area contributed by atoms with Crippen LogP contribution in [0, 0.1) is 5.82 Å². The van der Waals surface area contributed by atoms with Crippen molar-refractivity contribution in [2.75, 3.05) is 5.32 Å². The zero-order chi connectivity index (χ0) is 15.6. The second-order valence-electron chi connectivity index (χ2n) is 4.05. The van der Waals surface area contributed by atoms with E-state index in [1.807, 2.05) is 0 Å². The smallest absolute Gasteiger partial charge is 0.337 e. The zero-order valence-electron chi connectivity index (χ0n) is 10.4. The summed E-state index contributed by atoms with van der Waals surface area (Å²) in [5, 5.41) is 11.6. The van der Waals surface area contributed by atoms with Gasteiger partial charge in [0.25, 0.3) is 5.91 Å². The van der Waals surface area contributed by atoms with Crippen molar-refractivity contribution in [3.05, 3.63) is 62.3 Å². The SMILES string of the molecule is O=C(O)c1cc(Br)ccc1NC(=O)c1cccc(F)c1Br. The van der Waals surface area contributed by atoms with E-state index < -0.39 is 17.7 Å². The van der Waals surface area contributed by atoms with Gasteiger partial charge in [-0.15, -0.1) is 0 Å². The fourth-order valence-electron chi connectivity index (χ4n) is 1.67. The Morgan fingerprint density at radius 3 is 2.48 bits per heavy atom. The maximum atomic E-state index is 13.4. The molecule has 0 atom stereocenters. The summed E-state index contributed by atoms with van der Waals surface area (Å²) in [6.07, 6.45) is 0. The highest BCUT2D eigenvalue weighted by Gasteiger charge is 2.17. The molecule has 2 rings (SSSR count). The van der Waals surface area contributed by atoms with Gasteiger partial charge in [-0.2, -0.15) is 0 Å². The van der Waals surface area contributed by atoms with Gasteiger partial charge in [-0.1, -0.05) is 22.0 Å². The Balaban J connectivity index is 2.36. The number of hydrogen-bond acceptors (Lipinski definition) is 2. The average molecular weight is 417 g/mol. The van der Waals surface area contributed by atoms with E-state index in [0.29, 0.717) is 4.47 Å². The van der Waals surface area contributed by atoms with Crippen molar-refractivity contribution in [3.8, 4) is 0 Å². The number of benzene rings is 2. The summed E-state index contributed by atoms with van der Waals surface area (Å²) in [5.74, 6) is -2.35. The third-order valence-corrected chi connectivity index (χ3v) is 3.96. The van der Waals surface area contributed by atoms with Crippen molar-refractivity contribution in [2.24, 2.45) is 0 Å². The summed E-state index contributed by atoms with van der Waals surface area (Å²) in [5.41, 5.74) is 0.145. The fraction of sp³-hybridized carbons (Fsp3) is 0. The molecule has 108 valence electrons.